The fourth-order valence-corrected chi connectivity index (χ4v) is 2.80. The normalized spacial score (nSPS) is 15.0. The van der Waals surface area contributed by atoms with Gasteiger partial charge in [-0.3, -0.25) is 4.79 Å². The van der Waals surface area contributed by atoms with Gasteiger partial charge in [-0.2, -0.15) is 0 Å². The Morgan fingerprint density at radius 3 is 3.04 bits per heavy atom. The van der Waals surface area contributed by atoms with Gasteiger partial charge >= 0.3 is 0 Å². The molecule has 0 aliphatic carbocycles. The Kier molecular flexibility index (Phi) is 5.33. The van der Waals surface area contributed by atoms with Crippen LogP contribution in [0, 0.1) is 0 Å². The van der Waals surface area contributed by atoms with E-state index in [1.807, 2.05) is 23.6 Å². The SMILES string of the molecule is O=C(/C=C/c1cccs1)NCc1ccnc(N2CCOCC2)n1. The number of thiophene rings is 1. The van der Waals surface area contributed by atoms with Gasteiger partial charge in [0.05, 0.1) is 25.5 Å². The van der Waals surface area contributed by atoms with E-state index in [1.54, 1.807) is 23.6 Å². The van der Waals surface area contributed by atoms with Crippen molar-refractivity contribution in [3.05, 3.63) is 46.4 Å². The van der Waals surface area contributed by atoms with Gasteiger partial charge in [-0.15, -0.1) is 11.3 Å². The molecule has 1 amide bonds. The van der Waals surface area contributed by atoms with Crippen LogP contribution < -0.4 is 10.2 Å². The molecule has 0 saturated carbocycles. The summed E-state index contributed by atoms with van der Waals surface area (Å²) in [7, 11) is 0. The zero-order valence-electron chi connectivity index (χ0n) is 12.6. The predicted octanol–water partition coefficient (Wildman–Crippen LogP) is 1.70. The Balaban J connectivity index is 1.54. The Morgan fingerprint density at radius 2 is 2.26 bits per heavy atom. The number of amides is 1. The predicted molar refractivity (Wildman–Crippen MR) is 90.3 cm³/mol. The topological polar surface area (TPSA) is 67.4 Å². The van der Waals surface area contributed by atoms with Crippen LogP contribution >= 0.6 is 11.3 Å². The van der Waals surface area contributed by atoms with Gasteiger partial charge in [-0.1, -0.05) is 6.07 Å². The van der Waals surface area contributed by atoms with Gasteiger partial charge in [-0.05, 0) is 23.6 Å². The molecule has 1 aliphatic rings. The maximum atomic E-state index is 11.8. The van der Waals surface area contributed by atoms with Gasteiger partial charge in [0.25, 0.3) is 0 Å². The molecule has 2 aromatic heterocycles. The average molecular weight is 330 g/mol. The Hall–Kier alpha value is -2.25. The molecule has 1 fully saturated rings. The third-order valence-electron chi connectivity index (χ3n) is 3.38. The second-order valence-corrected chi connectivity index (χ2v) is 5.99. The van der Waals surface area contributed by atoms with E-state index < -0.39 is 0 Å². The minimum atomic E-state index is -0.134. The van der Waals surface area contributed by atoms with Crippen LogP contribution in [0.25, 0.3) is 6.08 Å². The maximum absolute atomic E-state index is 11.8. The summed E-state index contributed by atoms with van der Waals surface area (Å²) >= 11 is 1.59. The molecule has 0 aromatic carbocycles. The zero-order valence-corrected chi connectivity index (χ0v) is 13.5. The average Bonchev–Trinajstić information content (AvgIpc) is 3.13. The number of morpholine rings is 1. The lowest BCUT2D eigenvalue weighted by Gasteiger charge is -2.26. The monoisotopic (exact) mass is 330 g/mol. The molecule has 120 valence electrons. The van der Waals surface area contributed by atoms with Gasteiger partial charge in [-0.25, -0.2) is 9.97 Å². The quantitative estimate of drug-likeness (QED) is 0.845. The molecule has 3 heterocycles. The molecule has 6 nitrogen and oxygen atoms in total. The van der Waals surface area contributed by atoms with E-state index in [2.05, 4.69) is 20.2 Å². The number of rotatable bonds is 5. The van der Waals surface area contributed by atoms with Gasteiger partial charge in [0.2, 0.25) is 11.9 Å². The number of nitrogens with one attached hydrogen (secondary N) is 1. The smallest absolute Gasteiger partial charge is 0.244 e. The molecule has 23 heavy (non-hydrogen) atoms. The van der Waals surface area contributed by atoms with Crippen molar-refractivity contribution in [1.29, 1.82) is 0 Å². The number of ether oxygens (including phenoxy) is 1. The van der Waals surface area contributed by atoms with Gasteiger partial charge in [0.1, 0.15) is 0 Å². The molecule has 0 atom stereocenters. The van der Waals surface area contributed by atoms with Crippen LogP contribution in [0.3, 0.4) is 0 Å². The van der Waals surface area contributed by atoms with Crippen LogP contribution in [0.2, 0.25) is 0 Å². The first-order chi connectivity index (χ1) is 11.3. The van der Waals surface area contributed by atoms with Crippen LogP contribution in [0.1, 0.15) is 10.6 Å². The third-order valence-corrected chi connectivity index (χ3v) is 4.22. The van der Waals surface area contributed by atoms with Crippen molar-refractivity contribution < 1.29 is 9.53 Å². The lowest BCUT2D eigenvalue weighted by atomic mass is 10.3. The van der Waals surface area contributed by atoms with E-state index in [1.165, 1.54) is 6.08 Å². The number of carbonyl (C=O) groups excluding carboxylic acids is 1. The molecule has 2 aromatic rings. The van der Waals surface area contributed by atoms with Crippen molar-refractivity contribution in [3.8, 4) is 0 Å². The summed E-state index contributed by atoms with van der Waals surface area (Å²) < 4.78 is 5.33. The first-order valence-corrected chi connectivity index (χ1v) is 8.33. The van der Waals surface area contributed by atoms with Crippen LogP contribution in [0.15, 0.2) is 35.9 Å². The van der Waals surface area contributed by atoms with Gasteiger partial charge in [0.15, 0.2) is 0 Å². The molecule has 0 bridgehead atoms. The third kappa shape index (κ3) is 4.61. The van der Waals surface area contributed by atoms with E-state index in [4.69, 9.17) is 4.74 Å². The van der Waals surface area contributed by atoms with Crippen molar-refractivity contribution in [2.45, 2.75) is 6.54 Å². The van der Waals surface area contributed by atoms with E-state index in [0.717, 1.165) is 23.7 Å². The fraction of sp³-hybridized carbons (Fsp3) is 0.312. The van der Waals surface area contributed by atoms with Crippen molar-refractivity contribution in [1.82, 2.24) is 15.3 Å². The summed E-state index contributed by atoms with van der Waals surface area (Å²) in [5, 5.41) is 4.81. The highest BCUT2D eigenvalue weighted by Crippen LogP contribution is 2.11. The van der Waals surface area contributed by atoms with Crippen molar-refractivity contribution in [2.75, 3.05) is 31.2 Å². The van der Waals surface area contributed by atoms with Crippen LogP contribution in [-0.4, -0.2) is 42.2 Å². The number of aromatic nitrogens is 2. The highest BCUT2D eigenvalue weighted by atomic mass is 32.1. The second-order valence-electron chi connectivity index (χ2n) is 5.01. The Bertz CT molecular complexity index is 666. The summed E-state index contributed by atoms with van der Waals surface area (Å²) in [5.74, 6) is 0.555. The highest BCUT2D eigenvalue weighted by molar-refractivity contribution is 7.10. The van der Waals surface area contributed by atoms with E-state index >= 15 is 0 Å². The second kappa shape index (κ2) is 7.85. The Morgan fingerprint density at radius 1 is 1.39 bits per heavy atom. The summed E-state index contributed by atoms with van der Waals surface area (Å²) in [6, 6.07) is 5.73. The molecule has 1 aliphatic heterocycles. The van der Waals surface area contributed by atoms with Crippen LogP contribution in [0.4, 0.5) is 5.95 Å². The maximum Gasteiger partial charge on any atom is 0.244 e. The number of carbonyl (C=O) groups is 1. The first-order valence-electron chi connectivity index (χ1n) is 7.45. The van der Waals surface area contributed by atoms with E-state index in [0.29, 0.717) is 25.7 Å². The molecular formula is C16H18N4O2S. The number of hydrogen-bond acceptors (Lipinski definition) is 6. The van der Waals surface area contributed by atoms with Crippen LogP contribution in [0.5, 0.6) is 0 Å². The zero-order chi connectivity index (χ0) is 15.9. The molecule has 0 radical (unpaired) electrons. The largest absolute Gasteiger partial charge is 0.378 e. The molecule has 1 saturated heterocycles. The van der Waals surface area contributed by atoms with Crippen LogP contribution in [-0.2, 0) is 16.1 Å². The fourth-order valence-electron chi connectivity index (χ4n) is 2.18. The molecular weight excluding hydrogens is 312 g/mol. The summed E-state index contributed by atoms with van der Waals surface area (Å²) in [6.45, 7) is 3.35. The van der Waals surface area contributed by atoms with Crippen molar-refractivity contribution >= 4 is 29.3 Å². The first kappa shape index (κ1) is 15.6. The molecule has 1 N–H and O–H groups in total. The molecule has 0 unspecified atom stereocenters. The van der Waals surface area contributed by atoms with E-state index in [9.17, 15) is 4.79 Å². The summed E-state index contributed by atoms with van der Waals surface area (Å²) in [6.07, 6.45) is 5.07. The lowest BCUT2D eigenvalue weighted by Crippen LogP contribution is -2.37. The minimum Gasteiger partial charge on any atom is -0.378 e. The Labute approximate surface area is 138 Å². The summed E-state index contributed by atoms with van der Waals surface area (Å²) in [4.78, 5) is 23.8. The van der Waals surface area contributed by atoms with Crippen molar-refractivity contribution in [2.24, 2.45) is 0 Å². The number of hydrogen-bond donors (Lipinski definition) is 1. The summed E-state index contributed by atoms with van der Waals surface area (Å²) in [5.41, 5.74) is 0.791. The van der Waals surface area contributed by atoms with Crippen molar-refractivity contribution in [3.63, 3.8) is 0 Å². The molecule has 0 spiro atoms. The number of anilines is 1. The van der Waals surface area contributed by atoms with E-state index in [-0.39, 0.29) is 5.91 Å². The van der Waals surface area contributed by atoms with Gasteiger partial charge in [0, 0.05) is 30.2 Å². The highest BCUT2D eigenvalue weighted by Gasteiger charge is 2.13. The number of nitrogens with zero attached hydrogens (tertiary/aromatic N) is 3. The standard InChI is InChI=1S/C16H18N4O2S/c21-15(4-3-14-2-1-11-23-14)18-12-13-5-6-17-16(19-13)20-7-9-22-10-8-20/h1-6,11H,7-10,12H2,(H,18,21)/b4-3+. The molecule has 7 heteroatoms. The minimum absolute atomic E-state index is 0.134. The molecule has 3 rings (SSSR count). The lowest BCUT2D eigenvalue weighted by molar-refractivity contribution is -0.116. The van der Waals surface area contributed by atoms with Gasteiger partial charge < -0.3 is 15.0 Å².